The van der Waals surface area contributed by atoms with Gasteiger partial charge in [0, 0.05) is 18.8 Å². The lowest BCUT2D eigenvalue weighted by Gasteiger charge is -2.15. The lowest BCUT2D eigenvalue weighted by atomic mass is 10.1. The molecule has 0 radical (unpaired) electrons. The van der Waals surface area contributed by atoms with Gasteiger partial charge in [0.1, 0.15) is 0 Å². The van der Waals surface area contributed by atoms with Crippen molar-refractivity contribution >= 4 is 11.6 Å². The predicted octanol–water partition coefficient (Wildman–Crippen LogP) is 1.34. The summed E-state index contributed by atoms with van der Waals surface area (Å²) < 4.78 is 4.95. The lowest BCUT2D eigenvalue weighted by Crippen LogP contribution is -2.36. The van der Waals surface area contributed by atoms with Crippen LogP contribution in [0.2, 0.25) is 0 Å². The second-order valence-electron chi connectivity index (χ2n) is 3.87. The Morgan fingerprint density at radius 1 is 1.56 bits per heavy atom. The van der Waals surface area contributed by atoms with Gasteiger partial charge in [-0.05, 0) is 25.5 Å². The third kappa shape index (κ3) is 2.97. The fraction of sp³-hybridized carbons (Fsp3) is 0.417. The van der Waals surface area contributed by atoms with Crippen molar-refractivity contribution < 1.29 is 9.53 Å². The minimum atomic E-state index is -0.153. The van der Waals surface area contributed by atoms with Crippen LogP contribution in [-0.2, 0) is 4.74 Å². The number of ether oxygens (including phenoxy) is 1. The summed E-state index contributed by atoms with van der Waals surface area (Å²) >= 11 is 0. The van der Waals surface area contributed by atoms with E-state index < -0.39 is 0 Å². The summed E-state index contributed by atoms with van der Waals surface area (Å²) in [7, 11) is 1.60. The topological polar surface area (TPSA) is 64.3 Å². The van der Waals surface area contributed by atoms with Crippen LogP contribution in [0, 0.1) is 6.92 Å². The van der Waals surface area contributed by atoms with Crippen molar-refractivity contribution in [1.82, 2.24) is 5.32 Å². The number of hydrogen-bond acceptors (Lipinski definition) is 3. The largest absolute Gasteiger partial charge is 0.398 e. The highest BCUT2D eigenvalue weighted by atomic mass is 16.5. The molecule has 4 heteroatoms. The van der Waals surface area contributed by atoms with Crippen LogP contribution in [0.15, 0.2) is 18.2 Å². The molecule has 0 fully saturated rings. The quantitative estimate of drug-likeness (QED) is 0.756. The highest BCUT2D eigenvalue weighted by Gasteiger charge is 2.14. The molecule has 1 aromatic rings. The van der Waals surface area contributed by atoms with Crippen molar-refractivity contribution in [1.29, 1.82) is 0 Å². The predicted molar refractivity (Wildman–Crippen MR) is 64.4 cm³/mol. The molecular formula is C12H18N2O2. The van der Waals surface area contributed by atoms with Gasteiger partial charge in [-0.1, -0.05) is 12.1 Å². The fourth-order valence-corrected chi connectivity index (χ4v) is 1.59. The zero-order valence-electron chi connectivity index (χ0n) is 9.91. The van der Waals surface area contributed by atoms with Gasteiger partial charge in [-0.2, -0.15) is 0 Å². The molecule has 88 valence electrons. The molecular weight excluding hydrogens is 204 g/mol. The van der Waals surface area contributed by atoms with Crippen LogP contribution >= 0.6 is 0 Å². The number of aryl methyl sites for hydroxylation is 1. The maximum Gasteiger partial charge on any atom is 0.253 e. The molecule has 0 saturated heterocycles. The summed E-state index contributed by atoms with van der Waals surface area (Å²) in [6.45, 7) is 4.24. The Balaban J connectivity index is 2.80. The van der Waals surface area contributed by atoms with Crippen LogP contribution < -0.4 is 11.1 Å². The van der Waals surface area contributed by atoms with E-state index in [0.29, 0.717) is 17.9 Å². The summed E-state index contributed by atoms with van der Waals surface area (Å²) in [6, 6.07) is 5.39. The van der Waals surface area contributed by atoms with E-state index in [9.17, 15) is 4.79 Å². The Morgan fingerprint density at radius 2 is 2.25 bits per heavy atom. The molecule has 0 heterocycles. The first-order valence-electron chi connectivity index (χ1n) is 5.21. The van der Waals surface area contributed by atoms with E-state index in [2.05, 4.69) is 5.32 Å². The molecule has 0 aliphatic carbocycles. The van der Waals surface area contributed by atoms with Gasteiger partial charge in [0.2, 0.25) is 0 Å². The molecule has 4 nitrogen and oxygen atoms in total. The molecule has 1 unspecified atom stereocenters. The Hall–Kier alpha value is -1.55. The number of carbonyl (C=O) groups excluding carboxylic acids is 1. The molecule has 1 rings (SSSR count). The SMILES string of the molecule is COCC(C)NC(=O)c1c(C)cccc1N. The standard InChI is InChI=1S/C12H18N2O2/c1-8-5-4-6-10(13)11(8)12(15)14-9(2)7-16-3/h4-6,9H,7,13H2,1-3H3,(H,14,15). The normalized spacial score (nSPS) is 12.2. The summed E-state index contributed by atoms with van der Waals surface area (Å²) in [5, 5.41) is 2.83. The number of nitrogens with one attached hydrogen (secondary N) is 1. The Morgan fingerprint density at radius 3 is 2.81 bits per heavy atom. The monoisotopic (exact) mass is 222 g/mol. The van der Waals surface area contributed by atoms with Crippen molar-refractivity contribution in [2.45, 2.75) is 19.9 Å². The highest BCUT2D eigenvalue weighted by molar-refractivity contribution is 6.00. The average molecular weight is 222 g/mol. The van der Waals surface area contributed by atoms with Gasteiger partial charge in [-0.25, -0.2) is 0 Å². The first kappa shape index (κ1) is 12.5. The van der Waals surface area contributed by atoms with Gasteiger partial charge in [0.25, 0.3) is 5.91 Å². The average Bonchev–Trinajstić information content (AvgIpc) is 2.17. The third-order valence-corrected chi connectivity index (χ3v) is 2.33. The zero-order chi connectivity index (χ0) is 12.1. The summed E-state index contributed by atoms with van der Waals surface area (Å²) in [6.07, 6.45) is 0. The number of carbonyl (C=O) groups is 1. The van der Waals surface area contributed by atoms with E-state index in [1.807, 2.05) is 26.0 Å². The minimum Gasteiger partial charge on any atom is -0.398 e. The summed E-state index contributed by atoms with van der Waals surface area (Å²) in [5.41, 5.74) is 7.71. The van der Waals surface area contributed by atoms with Crippen LogP contribution in [0.4, 0.5) is 5.69 Å². The van der Waals surface area contributed by atoms with Crippen LogP contribution in [-0.4, -0.2) is 25.7 Å². The smallest absolute Gasteiger partial charge is 0.253 e. The molecule has 16 heavy (non-hydrogen) atoms. The van der Waals surface area contributed by atoms with Gasteiger partial charge in [-0.15, -0.1) is 0 Å². The Labute approximate surface area is 95.8 Å². The van der Waals surface area contributed by atoms with E-state index in [4.69, 9.17) is 10.5 Å². The van der Waals surface area contributed by atoms with E-state index in [0.717, 1.165) is 5.56 Å². The number of methoxy groups -OCH3 is 1. The van der Waals surface area contributed by atoms with Crippen molar-refractivity contribution in [2.24, 2.45) is 0 Å². The van der Waals surface area contributed by atoms with Gasteiger partial charge in [0.05, 0.1) is 12.2 Å². The summed E-state index contributed by atoms with van der Waals surface area (Å²) in [5.74, 6) is -0.153. The van der Waals surface area contributed by atoms with Crippen LogP contribution in [0.5, 0.6) is 0 Å². The molecule has 0 aliphatic rings. The van der Waals surface area contributed by atoms with Crippen molar-refractivity contribution in [3.63, 3.8) is 0 Å². The first-order valence-corrected chi connectivity index (χ1v) is 5.21. The number of benzene rings is 1. The number of nitrogen functional groups attached to an aromatic ring is 1. The fourth-order valence-electron chi connectivity index (χ4n) is 1.59. The molecule has 3 N–H and O–H groups in total. The molecule has 0 aromatic heterocycles. The molecule has 1 amide bonds. The van der Waals surface area contributed by atoms with Crippen molar-refractivity contribution in [3.8, 4) is 0 Å². The second-order valence-corrected chi connectivity index (χ2v) is 3.87. The maximum absolute atomic E-state index is 11.9. The summed E-state index contributed by atoms with van der Waals surface area (Å²) in [4.78, 5) is 11.9. The first-order chi connectivity index (χ1) is 7.56. The lowest BCUT2D eigenvalue weighted by molar-refractivity contribution is 0.0906. The Bertz CT molecular complexity index is 357. The number of nitrogens with two attached hydrogens (primary N) is 1. The molecule has 1 atom stereocenters. The van der Waals surface area contributed by atoms with E-state index in [1.54, 1.807) is 13.2 Å². The van der Waals surface area contributed by atoms with Gasteiger partial charge >= 0.3 is 0 Å². The number of anilines is 1. The van der Waals surface area contributed by atoms with E-state index in [-0.39, 0.29) is 11.9 Å². The molecule has 1 aromatic carbocycles. The molecule has 0 saturated carbocycles. The van der Waals surface area contributed by atoms with Crippen LogP contribution in [0.3, 0.4) is 0 Å². The second kappa shape index (κ2) is 5.51. The molecule has 0 aliphatic heterocycles. The number of amides is 1. The van der Waals surface area contributed by atoms with Gasteiger partial charge in [0.15, 0.2) is 0 Å². The van der Waals surface area contributed by atoms with Crippen molar-refractivity contribution in [2.75, 3.05) is 19.5 Å². The van der Waals surface area contributed by atoms with Crippen LogP contribution in [0.25, 0.3) is 0 Å². The zero-order valence-corrected chi connectivity index (χ0v) is 9.91. The van der Waals surface area contributed by atoms with Crippen molar-refractivity contribution in [3.05, 3.63) is 29.3 Å². The third-order valence-electron chi connectivity index (χ3n) is 2.33. The molecule has 0 bridgehead atoms. The number of rotatable bonds is 4. The molecule has 0 spiro atoms. The Kier molecular flexibility index (Phi) is 4.31. The number of hydrogen-bond donors (Lipinski definition) is 2. The van der Waals surface area contributed by atoms with Gasteiger partial charge in [-0.3, -0.25) is 4.79 Å². The van der Waals surface area contributed by atoms with Crippen LogP contribution in [0.1, 0.15) is 22.8 Å². The van der Waals surface area contributed by atoms with E-state index >= 15 is 0 Å². The minimum absolute atomic E-state index is 0.0310. The van der Waals surface area contributed by atoms with Gasteiger partial charge < -0.3 is 15.8 Å². The van der Waals surface area contributed by atoms with E-state index in [1.165, 1.54) is 0 Å². The maximum atomic E-state index is 11.9. The highest BCUT2D eigenvalue weighted by Crippen LogP contribution is 2.15.